The zero-order valence-corrected chi connectivity index (χ0v) is 14.5. The van der Waals surface area contributed by atoms with Gasteiger partial charge in [0.25, 0.3) is 0 Å². The summed E-state index contributed by atoms with van der Waals surface area (Å²) in [5, 5.41) is 0.386. The number of carbonyl (C=O) groups is 1. The maximum absolute atomic E-state index is 14.5. The van der Waals surface area contributed by atoms with E-state index in [1.165, 1.54) is 6.07 Å². The molecule has 3 rings (SSSR count). The highest BCUT2D eigenvalue weighted by molar-refractivity contribution is 6.33. The smallest absolute Gasteiger partial charge is 0.193 e. The van der Waals surface area contributed by atoms with Crippen LogP contribution in [-0.2, 0) is 0 Å². The van der Waals surface area contributed by atoms with Gasteiger partial charge in [-0.05, 0) is 36.8 Å². The summed E-state index contributed by atoms with van der Waals surface area (Å²) < 4.78 is 14.5. The molecule has 3 aromatic carbocycles. The molecule has 0 aliphatic carbocycles. The molecule has 1 nitrogen and oxygen atoms in total. The van der Waals surface area contributed by atoms with Gasteiger partial charge in [0.15, 0.2) is 5.78 Å². The minimum atomic E-state index is -0.397. The maximum Gasteiger partial charge on any atom is 0.193 e. The molecule has 3 heteroatoms. The minimum absolute atomic E-state index is 0.133. The van der Waals surface area contributed by atoms with Crippen molar-refractivity contribution < 1.29 is 9.18 Å². The lowest BCUT2D eigenvalue weighted by Crippen LogP contribution is -2.02. The Morgan fingerprint density at radius 1 is 0.960 bits per heavy atom. The van der Waals surface area contributed by atoms with Crippen LogP contribution >= 0.6 is 11.6 Å². The van der Waals surface area contributed by atoms with Crippen LogP contribution in [-0.4, -0.2) is 5.78 Å². The van der Waals surface area contributed by atoms with Gasteiger partial charge in [0, 0.05) is 27.3 Å². The molecule has 0 N–H and O–H groups in total. The van der Waals surface area contributed by atoms with Crippen LogP contribution < -0.4 is 0 Å². The third kappa shape index (κ3) is 3.40. The molecule has 3 aromatic rings. The number of hydrogen-bond acceptors (Lipinski definition) is 1. The number of ketones is 1. The molecule has 0 unspecified atom stereocenters. The molecule has 0 saturated carbocycles. The Balaban J connectivity index is 2.17. The summed E-state index contributed by atoms with van der Waals surface area (Å²) in [4.78, 5) is 12.7. The van der Waals surface area contributed by atoms with Crippen molar-refractivity contribution in [1.82, 2.24) is 0 Å². The zero-order valence-electron chi connectivity index (χ0n) is 13.7. The summed E-state index contributed by atoms with van der Waals surface area (Å²) in [6, 6.07) is 18.7. The molecule has 0 aliphatic heterocycles. The molecular weight excluding hydrogens is 335 g/mol. The molecule has 0 spiro atoms. The predicted octanol–water partition coefficient (Wildman–Crippen LogP) is 6.41. The normalized spacial score (nSPS) is 10.5. The average molecular weight is 351 g/mol. The third-order valence-corrected chi connectivity index (χ3v) is 4.34. The minimum Gasteiger partial charge on any atom is -0.289 e. The highest BCUT2D eigenvalue weighted by Crippen LogP contribution is 2.36. The Morgan fingerprint density at radius 3 is 2.36 bits per heavy atom. The van der Waals surface area contributed by atoms with E-state index in [4.69, 9.17) is 11.6 Å². The maximum atomic E-state index is 14.5. The summed E-state index contributed by atoms with van der Waals surface area (Å²) in [5.74, 6) is -0.529. The molecule has 0 atom stereocenters. The van der Waals surface area contributed by atoms with Crippen LogP contribution in [0.25, 0.3) is 16.7 Å². The van der Waals surface area contributed by atoms with Crippen LogP contribution in [0.2, 0.25) is 5.02 Å². The lowest BCUT2D eigenvalue weighted by atomic mass is 9.92. The van der Waals surface area contributed by atoms with Gasteiger partial charge in [0.2, 0.25) is 0 Å². The van der Waals surface area contributed by atoms with E-state index in [0.29, 0.717) is 32.8 Å². The van der Waals surface area contributed by atoms with E-state index in [1.807, 2.05) is 13.0 Å². The summed E-state index contributed by atoms with van der Waals surface area (Å²) in [7, 11) is 0. The van der Waals surface area contributed by atoms with Crippen LogP contribution in [0.3, 0.4) is 0 Å². The molecular formula is C22H16ClFO. The number of carbonyl (C=O) groups excluding carboxylic acids is 1. The van der Waals surface area contributed by atoms with Crippen molar-refractivity contribution in [3.05, 3.63) is 101 Å². The van der Waals surface area contributed by atoms with Crippen molar-refractivity contribution in [2.45, 2.75) is 6.92 Å². The monoisotopic (exact) mass is 350 g/mol. The Labute approximate surface area is 151 Å². The Kier molecular flexibility index (Phi) is 4.82. The van der Waals surface area contributed by atoms with E-state index in [1.54, 1.807) is 54.6 Å². The molecule has 0 heterocycles. The van der Waals surface area contributed by atoms with Crippen molar-refractivity contribution in [2.75, 3.05) is 0 Å². The molecule has 0 radical (unpaired) electrons. The third-order valence-electron chi connectivity index (χ3n) is 4.01. The van der Waals surface area contributed by atoms with Gasteiger partial charge < -0.3 is 0 Å². The van der Waals surface area contributed by atoms with Gasteiger partial charge >= 0.3 is 0 Å². The summed E-state index contributed by atoms with van der Waals surface area (Å²) >= 11 is 6.32. The highest BCUT2D eigenvalue weighted by atomic mass is 35.5. The van der Waals surface area contributed by atoms with E-state index >= 15 is 0 Å². The molecule has 0 bridgehead atoms. The van der Waals surface area contributed by atoms with Gasteiger partial charge in [-0.25, -0.2) is 4.39 Å². The van der Waals surface area contributed by atoms with Gasteiger partial charge in [0.1, 0.15) is 5.82 Å². The van der Waals surface area contributed by atoms with E-state index in [0.717, 1.165) is 5.57 Å². The first-order valence-corrected chi connectivity index (χ1v) is 8.21. The van der Waals surface area contributed by atoms with Crippen molar-refractivity contribution in [2.24, 2.45) is 0 Å². The first kappa shape index (κ1) is 17.1. The molecule has 0 amide bonds. The predicted molar refractivity (Wildman–Crippen MR) is 101 cm³/mol. The van der Waals surface area contributed by atoms with Gasteiger partial charge in [-0.2, -0.15) is 0 Å². The van der Waals surface area contributed by atoms with E-state index in [2.05, 4.69) is 6.58 Å². The van der Waals surface area contributed by atoms with Crippen LogP contribution in [0.4, 0.5) is 4.39 Å². The Hall–Kier alpha value is -2.71. The van der Waals surface area contributed by atoms with E-state index in [9.17, 15) is 9.18 Å². The van der Waals surface area contributed by atoms with Crippen molar-refractivity contribution in [3.8, 4) is 11.1 Å². The van der Waals surface area contributed by atoms with Gasteiger partial charge in [-0.3, -0.25) is 4.79 Å². The fraction of sp³-hybridized carbons (Fsp3) is 0.0455. The number of rotatable bonds is 4. The lowest BCUT2D eigenvalue weighted by Gasteiger charge is -2.13. The largest absolute Gasteiger partial charge is 0.289 e. The van der Waals surface area contributed by atoms with Crippen molar-refractivity contribution in [3.63, 3.8) is 0 Å². The second-order valence-electron chi connectivity index (χ2n) is 5.83. The Bertz CT molecular complexity index is 961. The second kappa shape index (κ2) is 7.04. The zero-order chi connectivity index (χ0) is 18.0. The molecule has 25 heavy (non-hydrogen) atoms. The molecule has 0 aliphatic rings. The quantitative estimate of drug-likeness (QED) is 0.497. The first-order valence-electron chi connectivity index (χ1n) is 7.83. The first-order chi connectivity index (χ1) is 12.0. The summed E-state index contributed by atoms with van der Waals surface area (Å²) in [6.07, 6.45) is 0. The van der Waals surface area contributed by atoms with Gasteiger partial charge in [-0.15, -0.1) is 0 Å². The molecule has 124 valence electrons. The van der Waals surface area contributed by atoms with Crippen LogP contribution in [0.15, 0.2) is 73.3 Å². The van der Waals surface area contributed by atoms with Gasteiger partial charge in [0.05, 0.1) is 0 Å². The van der Waals surface area contributed by atoms with Crippen LogP contribution in [0.5, 0.6) is 0 Å². The fourth-order valence-corrected chi connectivity index (χ4v) is 2.98. The van der Waals surface area contributed by atoms with Crippen LogP contribution in [0.1, 0.15) is 28.4 Å². The number of halogens is 2. The van der Waals surface area contributed by atoms with Gasteiger partial charge in [-0.1, -0.05) is 66.2 Å². The standard InChI is InChI=1S/C22H16ClFO/c1-14(2)17-9-6-10-20(24)21(17)18-13-16(11-12-19(18)23)22(25)15-7-4-3-5-8-15/h3-13H,1H2,2H3. The number of allylic oxidation sites excluding steroid dienone is 1. The number of benzene rings is 3. The molecule has 0 saturated heterocycles. The Morgan fingerprint density at radius 2 is 1.68 bits per heavy atom. The van der Waals surface area contributed by atoms with E-state index < -0.39 is 5.82 Å². The fourth-order valence-electron chi connectivity index (χ4n) is 2.77. The summed E-state index contributed by atoms with van der Waals surface area (Å²) in [6.45, 7) is 5.72. The molecule has 0 fully saturated rings. The van der Waals surface area contributed by atoms with E-state index in [-0.39, 0.29) is 5.78 Å². The summed E-state index contributed by atoms with van der Waals surface area (Å²) in [5.41, 5.74) is 3.28. The molecule has 0 aromatic heterocycles. The van der Waals surface area contributed by atoms with Crippen LogP contribution in [0, 0.1) is 5.82 Å². The highest BCUT2D eigenvalue weighted by Gasteiger charge is 2.17. The second-order valence-corrected chi connectivity index (χ2v) is 6.24. The van der Waals surface area contributed by atoms with Crippen molar-refractivity contribution >= 4 is 23.0 Å². The topological polar surface area (TPSA) is 17.1 Å². The average Bonchev–Trinajstić information content (AvgIpc) is 2.62. The van der Waals surface area contributed by atoms with Crippen molar-refractivity contribution in [1.29, 1.82) is 0 Å². The SMILES string of the molecule is C=C(C)c1cccc(F)c1-c1cc(C(=O)c2ccccc2)ccc1Cl. The lowest BCUT2D eigenvalue weighted by molar-refractivity contribution is 0.103. The number of hydrogen-bond donors (Lipinski definition) is 0.